The fraction of sp³-hybridized carbons (Fsp3) is 0.800. The van der Waals surface area contributed by atoms with Gasteiger partial charge in [0, 0.05) is 0 Å². The van der Waals surface area contributed by atoms with Gasteiger partial charge < -0.3 is 5.11 Å². The Morgan fingerprint density at radius 3 is 2.78 bits per heavy atom. The molecule has 4 heteroatoms. The second kappa shape index (κ2) is 4.64. The third kappa shape index (κ3) is 5.65. The van der Waals surface area contributed by atoms with Gasteiger partial charge in [-0.2, -0.15) is 12.6 Å². The Balaban J connectivity index is 3.16. The molecule has 0 aliphatic rings. The molecule has 9 heavy (non-hydrogen) atoms. The molecule has 0 amide bonds. The Morgan fingerprint density at radius 1 is 1.89 bits per heavy atom. The number of carbonyl (C=O) groups is 1. The maximum atomic E-state index is 9.92. The first-order valence-electron chi connectivity index (χ1n) is 2.80. The second-order valence-corrected chi connectivity index (χ2v) is 2.32. The van der Waals surface area contributed by atoms with Gasteiger partial charge in [-0.3, -0.25) is 10.1 Å². The molecule has 0 bridgehead atoms. The number of carboxylic acids is 1. The van der Waals surface area contributed by atoms with Crippen LogP contribution in [-0.4, -0.2) is 23.0 Å². The summed E-state index contributed by atoms with van der Waals surface area (Å²) in [5.41, 5.74) is 0. The maximum Gasteiger partial charge on any atom is 0.317 e. The highest BCUT2D eigenvalue weighted by atomic mass is 32.1. The monoisotopic (exact) mass is 149 g/mol. The maximum absolute atomic E-state index is 9.92. The summed E-state index contributed by atoms with van der Waals surface area (Å²) in [6.07, 6.45) is 0.830. The number of aliphatic carboxylic acids is 1. The third-order valence-corrected chi connectivity index (χ3v) is 1.42. The van der Waals surface area contributed by atoms with Crippen molar-refractivity contribution in [1.82, 2.24) is 5.32 Å². The van der Waals surface area contributed by atoms with Gasteiger partial charge in [0.25, 0.3) is 0 Å². The molecule has 0 saturated carbocycles. The van der Waals surface area contributed by atoms with Crippen LogP contribution in [0.1, 0.15) is 13.3 Å². The van der Waals surface area contributed by atoms with Crippen LogP contribution in [0, 0.1) is 0 Å². The highest BCUT2D eigenvalue weighted by Crippen LogP contribution is 1.92. The molecule has 0 spiro atoms. The minimum atomic E-state index is -0.845. The van der Waals surface area contributed by atoms with Crippen LogP contribution < -0.4 is 5.32 Å². The van der Waals surface area contributed by atoms with E-state index < -0.39 is 5.97 Å². The lowest BCUT2D eigenvalue weighted by Crippen LogP contribution is -2.28. The van der Waals surface area contributed by atoms with Crippen molar-refractivity contribution in [2.45, 2.75) is 18.7 Å². The number of carboxylic acid groups (broad SMARTS) is 1. The van der Waals surface area contributed by atoms with Crippen LogP contribution in [0.25, 0.3) is 0 Å². The van der Waals surface area contributed by atoms with Crippen molar-refractivity contribution >= 4 is 18.6 Å². The van der Waals surface area contributed by atoms with E-state index in [1.807, 2.05) is 6.92 Å². The van der Waals surface area contributed by atoms with Crippen molar-refractivity contribution in [2.24, 2.45) is 0 Å². The van der Waals surface area contributed by atoms with Crippen LogP contribution >= 0.6 is 12.6 Å². The summed E-state index contributed by atoms with van der Waals surface area (Å²) in [4.78, 5) is 9.92. The molecule has 0 radical (unpaired) electrons. The van der Waals surface area contributed by atoms with Gasteiger partial charge in [-0.25, -0.2) is 0 Å². The molecule has 0 aromatic heterocycles. The molecule has 0 aromatic rings. The van der Waals surface area contributed by atoms with Crippen LogP contribution in [-0.2, 0) is 4.79 Å². The predicted molar refractivity (Wildman–Crippen MR) is 38.7 cm³/mol. The van der Waals surface area contributed by atoms with E-state index in [0.29, 0.717) is 0 Å². The zero-order chi connectivity index (χ0) is 7.28. The molecule has 1 atom stereocenters. The highest BCUT2D eigenvalue weighted by Gasteiger charge is 1.99. The van der Waals surface area contributed by atoms with Crippen molar-refractivity contribution in [1.29, 1.82) is 0 Å². The predicted octanol–water partition coefficient (Wildman–Crippen LogP) is 0.326. The van der Waals surface area contributed by atoms with Gasteiger partial charge >= 0.3 is 5.97 Å². The fourth-order valence-electron chi connectivity index (χ4n) is 0.349. The number of hydrogen-bond donors (Lipinski definition) is 3. The molecular weight excluding hydrogens is 138 g/mol. The molecule has 0 saturated heterocycles. The molecule has 1 unspecified atom stereocenters. The van der Waals surface area contributed by atoms with E-state index in [2.05, 4.69) is 17.9 Å². The number of rotatable bonds is 4. The zero-order valence-electron chi connectivity index (χ0n) is 5.29. The van der Waals surface area contributed by atoms with Crippen LogP contribution in [0.5, 0.6) is 0 Å². The summed E-state index contributed by atoms with van der Waals surface area (Å²) in [5.74, 6) is -0.845. The standard InChI is InChI=1S/C5H11NO2S/c1-2-4(9)6-3-5(7)8/h4,6,9H,2-3H2,1H3,(H,7,8). The van der Waals surface area contributed by atoms with E-state index in [4.69, 9.17) is 5.11 Å². The minimum Gasteiger partial charge on any atom is -0.480 e. The normalized spacial score (nSPS) is 13.1. The van der Waals surface area contributed by atoms with Crippen molar-refractivity contribution in [3.05, 3.63) is 0 Å². The highest BCUT2D eigenvalue weighted by molar-refractivity contribution is 7.80. The SMILES string of the molecule is CCC(S)NCC(=O)O. The smallest absolute Gasteiger partial charge is 0.317 e. The average Bonchev–Trinajstić information content (AvgIpc) is 1.83. The fourth-order valence-corrected chi connectivity index (χ4v) is 0.441. The lowest BCUT2D eigenvalue weighted by atomic mass is 10.4. The first-order valence-corrected chi connectivity index (χ1v) is 3.31. The van der Waals surface area contributed by atoms with Crippen molar-refractivity contribution in [2.75, 3.05) is 6.54 Å². The number of hydrogen-bond acceptors (Lipinski definition) is 3. The van der Waals surface area contributed by atoms with Gasteiger partial charge in [-0.15, -0.1) is 0 Å². The molecule has 54 valence electrons. The van der Waals surface area contributed by atoms with E-state index in [0.717, 1.165) is 6.42 Å². The van der Waals surface area contributed by atoms with Crippen LogP contribution in [0.2, 0.25) is 0 Å². The van der Waals surface area contributed by atoms with Crippen LogP contribution in [0.3, 0.4) is 0 Å². The van der Waals surface area contributed by atoms with Crippen molar-refractivity contribution < 1.29 is 9.90 Å². The van der Waals surface area contributed by atoms with E-state index >= 15 is 0 Å². The first-order chi connectivity index (χ1) is 4.16. The zero-order valence-corrected chi connectivity index (χ0v) is 6.19. The van der Waals surface area contributed by atoms with Gasteiger partial charge in [0.1, 0.15) is 0 Å². The topological polar surface area (TPSA) is 49.3 Å². The summed E-state index contributed by atoms with van der Waals surface area (Å²) >= 11 is 4.03. The Morgan fingerprint density at radius 2 is 2.44 bits per heavy atom. The molecule has 0 rings (SSSR count). The van der Waals surface area contributed by atoms with E-state index in [1.54, 1.807) is 0 Å². The first kappa shape index (κ1) is 8.78. The lowest BCUT2D eigenvalue weighted by molar-refractivity contribution is -0.136. The molecule has 0 aromatic carbocycles. The Kier molecular flexibility index (Phi) is 4.53. The van der Waals surface area contributed by atoms with Crippen LogP contribution in [0.15, 0.2) is 0 Å². The lowest BCUT2D eigenvalue weighted by Gasteiger charge is -2.06. The molecule has 3 nitrogen and oxygen atoms in total. The molecule has 0 aliphatic carbocycles. The van der Waals surface area contributed by atoms with Gasteiger partial charge in [0.2, 0.25) is 0 Å². The van der Waals surface area contributed by atoms with Gasteiger partial charge in [0.05, 0.1) is 11.9 Å². The summed E-state index contributed by atoms with van der Waals surface area (Å²) < 4.78 is 0. The molecule has 2 N–H and O–H groups in total. The third-order valence-electron chi connectivity index (χ3n) is 0.876. The average molecular weight is 149 g/mol. The Labute approximate surface area is 59.9 Å². The van der Waals surface area contributed by atoms with Gasteiger partial charge in [-0.1, -0.05) is 6.92 Å². The quantitative estimate of drug-likeness (QED) is 0.399. The van der Waals surface area contributed by atoms with E-state index in [-0.39, 0.29) is 11.9 Å². The van der Waals surface area contributed by atoms with Crippen molar-refractivity contribution in [3.8, 4) is 0 Å². The van der Waals surface area contributed by atoms with E-state index in [9.17, 15) is 4.79 Å². The van der Waals surface area contributed by atoms with Crippen LogP contribution in [0.4, 0.5) is 0 Å². The van der Waals surface area contributed by atoms with Gasteiger partial charge in [-0.05, 0) is 6.42 Å². The summed E-state index contributed by atoms with van der Waals surface area (Å²) in [5, 5.41) is 10.9. The largest absolute Gasteiger partial charge is 0.480 e. The number of thiol groups is 1. The van der Waals surface area contributed by atoms with E-state index in [1.165, 1.54) is 0 Å². The summed E-state index contributed by atoms with van der Waals surface area (Å²) in [6.45, 7) is 1.93. The molecule has 0 aliphatic heterocycles. The van der Waals surface area contributed by atoms with Gasteiger partial charge in [0.15, 0.2) is 0 Å². The summed E-state index contributed by atoms with van der Waals surface area (Å²) in [7, 11) is 0. The number of nitrogens with one attached hydrogen (secondary N) is 1. The van der Waals surface area contributed by atoms with Crippen molar-refractivity contribution in [3.63, 3.8) is 0 Å². The second-order valence-electron chi connectivity index (χ2n) is 1.70. The minimum absolute atomic E-state index is 0.00102. The molecule has 0 heterocycles. The molecular formula is C5H11NO2S. The Hall–Kier alpha value is -0.220. The summed E-state index contributed by atoms with van der Waals surface area (Å²) in [6, 6.07) is 0. The Bertz CT molecular complexity index is 97.0. The molecule has 0 fully saturated rings.